The summed E-state index contributed by atoms with van der Waals surface area (Å²) in [5, 5.41) is 9.67. The molecular formula is C17H20ClN5O4S. The maximum Gasteiger partial charge on any atom is 0.258 e. The van der Waals surface area contributed by atoms with Crippen LogP contribution in [0.2, 0.25) is 5.02 Å². The second kappa shape index (κ2) is 7.69. The highest BCUT2D eigenvalue weighted by Gasteiger charge is 2.28. The van der Waals surface area contributed by atoms with Gasteiger partial charge in [0.2, 0.25) is 16.0 Å². The first kappa shape index (κ1) is 19.2. The first-order chi connectivity index (χ1) is 13.4. The van der Waals surface area contributed by atoms with Gasteiger partial charge in [-0.2, -0.15) is 4.98 Å². The van der Waals surface area contributed by atoms with Gasteiger partial charge >= 0.3 is 0 Å². The molecule has 1 aromatic heterocycles. The van der Waals surface area contributed by atoms with Gasteiger partial charge < -0.3 is 4.74 Å². The van der Waals surface area contributed by atoms with E-state index >= 15 is 0 Å². The zero-order valence-electron chi connectivity index (χ0n) is 15.0. The number of carbonyl (C=O) groups excluding carboxylic acids is 1. The molecule has 28 heavy (non-hydrogen) atoms. The van der Waals surface area contributed by atoms with Gasteiger partial charge in [0.15, 0.2) is 5.82 Å². The van der Waals surface area contributed by atoms with E-state index in [2.05, 4.69) is 20.5 Å². The van der Waals surface area contributed by atoms with Gasteiger partial charge in [0.05, 0.1) is 16.5 Å². The molecule has 4 rings (SSSR count). The normalized spacial score (nSPS) is 21.6. The Kier molecular flexibility index (Phi) is 5.26. The number of sulfonamides is 1. The van der Waals surface area contributed by atoms with Crippen LogP contribution in [0, 0.1) is 0 Å². The minimum absolute atomic E-state index is 0.0724. The minimum atomic E-state index is -3.43. The minimum Gasteiger partial charge on any atom is -0.370 e. The van der Waals surface area contributed by atoms with E-state index < -0.39 is 15.9 Å². The van der Waals surface area contributed by atoms with Gasteiger partial charge in [0.1, 0.15) is 6.10 Å². The van der Waals surface area contributed by atoms with Gasteiger partial charge in [-0.1, -0.05) is 11.6 Å². The number of hydrogen-bond acceptors (Lipinski definition) is 6. The second-order valence-corrected chi connectivity index (χ2v) is 9.18. The van der Waals surface area contributed by atoms with Crippen molar-refractivity contribution in [1.82, 2.24) is 15.2 Å². The smallest absolute Gasteiger partial charge is 0.258 e. The number of aromatic nitrogens is 3. The molecule has 150 valence electrons. The fourth-order valence-corrected chi connectivity index (χ4v) is 5.26. The Morgan fingerprint density at radius 3 is 2.93 bits per heavy atom. The van der Waals surface area contributed by atoms with Crippen LogP contribution in [0.25, 0.3) is 0 Å². The number of rotatable bonds is 4. The summed E-state index contributed by atoms with van der Waals surface area (Å²) in [6, 6.07) is 4.53. The zero-order valence-corrected chi connectivity index (χ0v) is 16.6. The summed E-state index contributed by atoms with van der Waals surface area (Å²) in [5.41, 5.74) is 0.577. The van der Waals surface area contributed by atoms with Crippen molar-refractivity contribution in [2.45, 2.75) is 31.8 Å². The number of amides is 1. The molecule has 1 atom stereocenters. The number of ether oxygens (including phenoxy) is 1. The lowest BCUT2D eigenvalue weighted by molar-refractivity contribution is 0.102. The third-order valence-electron chi connectivity index (χ3n) is 4.79. The Hall–Kier alpha value is -2.17. The maximum absolute atomic E-state index is 12.6. The van der Waals surface area contributed by atoms with Crippen molar-refractivity contribution < 1.29 is 17.9 Å². The molecule has 2 aromatic rings. The number of benzene rings is 1. The highest BCUT2D eigenvalue weighted by atomic mass is 35.5. The molecule has 2 N–H and O–H groups in total. The molecule has 9 nitrogen and oxygen atoms in total. The molecule has 2 fully saturated rings. The second-order valence-electron chi connectivity index (χ2n) is 6.76. The average Bonchev–Trinajstić information content (AvgIpc) is 3.33. The van der Waals surface area contributed by atoms with Crippen molar-refractivity contribution in [3.05, 3.63) is 34.6 Å². The van der Waals surface area contributed by atoms with Crippen LogP contribution in [0.3, 0.4) is 0 Å². The van der Waals surface area contributed by atoms with E-state index in [-0.39, 0.29) is 28.4 Å². The Balaban J connectivity index is 1.53. The molecule has 2 aliphatic heterocycles. The van der Waals surface area contributed by atoms with Crippen LogP contribution in [0.15, 0.2) is 18.2 Å². The Morgan fingerprint density at radius 1 is 1.32 bits per heavy atom. The number of hydrogen-bond donors (Lipinski definition) is 2. The molecule has 0 saturated carbocycles. The van der Waals surface area contributed by atoms with Crippen molar-refractivity contribution in [2.24, 2.45) is 0 Å². The predicted molar refractivity (Wildman–Crippen MR) is 104 cm³/mol. The standard InChI is InChI=1S/C17H20ClN5O4S/c18-12-6-5-11(10-13(12)23-7-1-2-9-28(23,25)26)16(24)20-17-19-15(21-22-17)14-4-3-8-27-14/h5-6,10,14H,1-4,7-9H2,(H2,19,20,21,22,24)/t14-/m1/s1. The lowest BCUT2D eigenvalue weighted by Gasteiger charge is -2.29. The van der Waals surface area contributed by atoms with Crippen molar-refractivity contribution in [3.8, 4) is 0 Å². The van der Waals surface area contributed by atoms with Gasteiger partial charge in [-0.25, -0.2) is 8.42 Å². The maximum atomic E-state index is 12.6. The fraction of sp³-hybridized carbons (Fsp3) is 0.471. The molecule has 2 aliphatic rings. The Bertz CT molecular complexity index is 987. The van der Waals surface area contributed by atoms with Gasteiger partial charge in [0, 0.05) is 18.7 Å². The quantitative estimate of drug-likeness (QED) is 0.777. The predicted octanol–water partition coefficient (Wildman–Crippen LogP) is 2.49. The van der Waals surface area contributed by atoms with Crippen LogP contribution in [0.1, 0.15) is 48.0 Å². The molecule has 1 aromatic carbocycles. The molecule has 3 heterocycles. The van der Waals surface area contributed by atoms with E-state index in [4.69, 9.17) is 16.3 Å². The lowest BCUT2D eigenvalue weighted by atomic mass is 10.2. The first-order valence-electron chi connectivity index (χ1n) is 9.09. The van der Waals surface area contributed by atoms with E-state index in [0.29, 0.717) is 31.1 Å². The molecule has 0 bridgehead atoms. The molecule has 0 radical (unpaired) electrons. The van der Waals surface area contributed by atoms with Gasteiger partial charge in [-0.05, 0) is 43.9 Å². The average molecular weight is 426 g/mol. The van der Waals surface area contributed by atoms with E-state index in [9.17, 15) is 13.2 Å². The van der Waals surface area contributed by atoms with E-state index in [1.165, 1.54) is 22.5 Å². The van der Waals surface area contributed by atoms with Crippen molar-refractivity contribution in [1.29, 1.82) is 0 Å². The number of halogens is 1. The summed E-state index contributed by atoms with van der Waals surface area (Å²) in [4.78, 5) is 16.9. The Labute approximate surface area is 167 Å². The van der Waals surface area contributed by atoms with E-state index in [0.717, 1.165) is 19.3 Å². The first-order valence-corrected chi connectivity index (χ1v) is 11.1. The monoisotopic (exact) mass is 425 g/mol. The number of carbonyl (C=O) groups is 1. The molecule has 1 amide bonds. The highest BCUT2D eigenvalue weighted by molar-refractivity contribution is 7.92. The summed E-state index contributed by atoms with van der Waals surface area (Å²) in [7, 11) is -3.43. The summed E-state index contributed by atoms with van der Waals surface area (Å²) in [6.45, 7) is 1.03. The third-order valence-corrected chi connectivity index (χ3v) is 6.96. The third kappa shape index (κ3) is 3.85. The number of H-pyrrole nitrogens is 1. The van der Waals surface area contributed by atoms with Crippen LogP contribution < -0.4 is 9.62 Å². The number of aromatic amines is 1. The topological polar surface area (TPSA) is 117 Å². The zero-order chi connectivity index (χ0) is 19.7. The van der Waals surface area contributed by atoms with Gasteiger partial charge in [0.25, 0.3) is 5.91 Å². The molecule has 11 heteroatoms. The molecule has 0 unspecified atom stereocenters. The van der Waals surface area contributed by atoms with Gasteiger partial charge in [-0.15, -0.1) is 5.10 Å². The summed E-state index contributed by atoms with van der Waals surface area (Å²) in [5.74, 6) is 0.329. The fourth-order valence-electron chi connectivity index (χ4n) is 3.35. The summed E-state index contributed by atoms with van der Waals surface area (Å²) >= 11 is 6.22. The molecule has 2 saturated heterocycles. The van der Waals surface area contributed by atoms with Gasteiger partial charge in [-0.3, -0.25) is 19.5 Å². The largest absolute Gasteiger partial charge is 0.370 e. The number of nitrogens with zero attached hydrogens (tertiary/aromatic N) is 3. The molecule has 0 spiro atoms. The molecular weight excluding hydrogens is 406 g/mol. The van der Waals surface area contributed by atoms with Crippen LogP contribution >= 0.6 is 11.6 Å². The highest BCUT2D eigenvalue weighted by Crippen LogP contribution is 2.32. The number of anilines is 2. The number of nitrogens with one attached hydrogen (secondary N) is 2. The van der Waals surface area contributed by atoms with Crippen LogP contribution in [-0.2, 0) is 14.8 Å². The summed E-state index contributed by atoms with van der Waals surface area (Å²) < 4.78 is 31.5. The van der Waals surface area contributed by atoms with Crippen LogP contribution in [0.4, 0.5) is 11.6 Å². The van der Waals surface area contributed by atoms with Crippen molar-refractivity contribution in [2.75, 3.05) is 28.5 Å². The lowest BCUT2D eigenvalue weighted by Crippen LogP contribution is -2.38. The van der Waals surface area contributed by atoms with E-state index in [1.54, 1.807) is 0 Å². The van der Waals surface area contributed by atoms with Crippen LogP contribution in [-0.4, -0.2) is 48.4 Å². The van der Waals surface area contributed by atoms with Crippen molar-refractivity contribution in [3.63, 3.8) is 0 Å². The van der Waals surface area contributed by atoms with Crippen molar-refractivity contribution >= 4 is 39.2 Å². The van der Waals surface area contributed by atoms with Crippen LogP contribution in [0.5, 0.6) is 0 Å². The summed E-state index contributed by atoms with van der Waals surface area (Å²) in [6.07, 6.45) is 3.04. The molecule has 0 aliphatic carbocycles. The Morgan fingerprint density at radius 2 is 2.18 bits per heavy atom. The SMILES string of the molecule is O=C(Nc1n[nH]c([C@H]2CCCO2)n1)c1ccc(Cl)c(N2CCCCS2(=O)=O)c1. The van der Waals surface area contributed by atoms with E-state index in [1.807, 2.05) is 0 Å².